The topological polar surface area (TPSA) is 93.3 Å². The van der Waals surface area contributed by atoms with Crippen molar-refractivity contribution in [2.45, 2.75) is 13.0 Å². The highest BCUT2D eigenvalue weighted by molar-refractivity contribution is 7.54. The SMILES string of the molecule is Cn1c([N+](=O)[O-])nc(C(F)F)c1COP(=O)(N1CC1)N1CC1. The number of rotatable bonds is 7. The minimum absolute atomic E-state index is 0.134. The molecular weight excluding hydrogens is 323 g/mol. The Hall–Kier alpha value is -1.42. The lowest BCUT2D eigenvalue weighted by molar-refractivity contribution is -0.396. The molecule has 0 aliphatic carbocycles. The molecule has 2 saturated heterocycles. The highest BCUT2D eigenvalue weighted by atomic mass is 31.2. The van der Waals surface area contributed by atoms with Gasteiger partial charge in [-0.25, -0.2) is 22.7 Å². The van der Waals surface area contributed by atoms with Crippen LogP contribution < -0.4 is 0 Å². The lowest BCUT2D eigenvalue weighted by Gasteiger charge is -2.19. The minimum Gasteiger partial charge on any atom is -0.390 e. The molecular formula is C10H14F2N5O4P. The molecule has 3 rings (SSSR count). The quantitative estimate of drug-likeness (QED) is 0.322. The summed E-state index contributed by atoms with van der Waals surface area (Å²) in [5, 5.41) is 10.8. The first kappa shape index (κ1) is 15.5. The van der Waals surface area contributed by atoms with Gasteiger partial charge in [0.25, 0.3) is 6.43 Å². The summed E-state index contributed by atoms with van der Waals surface area (Å²) in [5.74, 6) is -0.692. The molecule has 0 N–H and O–H groups in total. The number of aromatic nitrogens is 2. The van der Waals surface area contributed by atoms with Crippen molar-refractivity contribution in [1.29, 1.82) is 0 Å². The van der Waals surface area contributed by atoms with Crippen LogP contribution in [0, 0.1) is 10.1 Å². The molecule has 0 saturated carbocycles. The standard InChI is InChI=1S/C10H14F2N5O4P/c1-14-7(8(9(11)12)13-10(14)17(18)19)6-21-22(20,15-2-3-15)16-4-5-16/h9H,2-6H2,1H3. The Morgan fingerprint density at radius 1 is 1.36 bits per heavy atom. The first-order valence-corrected chi connectivity index (χ1v) is 8.11. The van der Waals surface area contributed by atoms with Gasteiger partial charge in [-0.3, -0.25) is 9.09 Å². The normalized spacial score (nSPS) is 18.9. The lowest BCUT2D eigenvalue weighted by atomic mass is 10.3. The molecule has 0 unspecified atom stereocenters. The van der Waals surface area contributed by atoms with Gasteiger partial charge in [-0.1, -0.05) is 4.98 Å². The van der Waals surface area contributed by atoms with Crippen LogP contribution in [0.1, 0.15) is 17.8 Å². The fraction of sp³-hybridized carbons (Fsp3) is 0.700. The highest BCUT2D eigenvalue weighted by Gasteiger charge is 2.49. The summed E-state index contributed by atoms with van der Waals surface area (Å²) < 4.78 is 48.4. The molecule has 2 aliphatic rings. The Balaban J connectivity index is 1.85. The number of halogens is 2. The Bertz CT molecular complexity index is 642. The summed E-state index contributed by atoms with van der Waals surface area (Å²) >= 11 is 0. The van der Waals surface area contributed by atoms with E-state index >= 15 is 0 Å². The van der Waals surface area contributed by atoms with E-state index in [9.17, 15) is 23.5 Å². The Labute approximate surface area is 124 Å². The molecule has 1 aromatic rings. The molecule has 22 heavy (non-hydrogen) atoms. The summed E-state index contributed by atoms with van der Waals surface area (Å²) in [7, 11) is -1.92. The van der Waals surface area contributed by atoms with Crippen molar-refractivity contribution in [3.05, 3.63) is 21.5 Å². The van der Waals surface area contributed by atoms with Crippen molar-refractivity contribution in [3.8, 4) is 0 Å². The number of imidazole rings is 1. The zero-order valence-corrected chi connectivity index (χ0v) is 12.6. The van der Waals surface area contributed by atoms with E-state index in [-0.39, 0.29) is 5.69 Å². The van der Waals surface area contributed by atoms with E-state index in [1.54, 1.807) is 9.34 Å². The van der Waals surface area contributed by atoms with E-state index in [1.165, 1.54) is 7.05 Å². The van der Waals surface area contributed by atoms with Crippen LogP contribution in [0.15, 0.2) is 0 Å². The van der Waals surface area contributed by atoms with Gasteiger partial charge in [-0.05, 0) is 4.92 Å². The maximum atomic E-state index is 13.0. The van der Waals surface area contributed by atoms with Crippen LogP contribution in [0.25, 0.3) is 0 Å². The zero-order valence-electron chi connectivity index (χ0n) is 11.7. The van der Waals surface area contributed by atoms with Crippen molar-refractivity contribution < 1.29 is 22.8 Å². The van der Waals surface area contributed by atoms with Crippen LogP contribution in [0.5, 0.6) is 0 Å². The average Bonchev–Trinajstić information content (AvgIpc) is 3.33. The maximum absolute atomic E-state index is 13.0. The van der Waals surface area contributed by atoms with Crippen molar-refractivity contribution in [1.82, 2.24) is 18.9 Å². The third-order valence-corrected chi connectivity index (χ3v) is 6.22. The first-order chi connectivity index (χ1) is 10.3. The predicted octanol–water partition coefficient (Wildman–Crippen LogP) is 1.52. The van der Waals surface area contributed by atoms with Gasteiger partial charge in [0.15, 0.2) is 0 Å². The Morgan fingerprint density at radius 2 is 1.91 bits per heavy atom. The van der Waals surface area contributed by atoms with E-state index in [2.05, 4.69) is 4.98 Å². The van der Waals surface area contributed by atoms with Crippen LogP contribution in [-0.4, -0.2) is 50.0 Å². The van der Waals surface area contributed by atoms with E-state index in [4.69, 9.17) is 4.52 Å². The molecule has 0 spiro atoms. The molecule has 9 nitrogen and oxygen atoms in total. The second kappa shape index (κ2) is 5.34. The molecule has 2 fully saturated rings. The number of alkyl halides is 2. The molecule has 12 heteroatoms. The number of hydrogen-bond acceptors (Lipinski definition) is 5. The summed E-state index contributed by atoms with van der Waals surface area (Å²) in [4.78, 5) is 13.3. The van der Waals surface area contributed by atoms with E-state index in [1.807, 2.05) is 0 Å². The molecule has 2 aliphatic heterocycles. The smallest absolute Gasteiger partial charge is 0.390 e. The third-order valence-electron chi connectivity index (χ3n) is 3.52. The molecule has 3 heterocycles. The van der Waals surface area contributed by atoms with Gasteiger partial charge in [0.05, 0.1) is 7.05 Å². The second-order valence-electron chi connectivity index (χ2n) is 5.03. The zero-order chi connectivity index (χ0) is 16.1. The molecule has 0 radical (unpaired) electrons. The monoisotopic (exact) mass is 337 g/mol. The minimum atomic E-state index is -3.18. The van der Waals surface area contributed by atoms with E-state index < -0.39 is 37.3 Å². The Kier molecular flexibility index (Phi) is 3.76. The molecule has 0 atom stereocenters. The number of nitro groups is 1. The first-order valence-electron chi connectivity index (χ1n) is 6.58. The van der Waals surface area contributed by atoms with Crippen LogP contribution in [0.3, 0.4) is 0 Å². The van der Waals surface area contributed by atoms with Crippen LogP contribution in [0.2, 0.25) is 0 Å². The van der Waals surface area contributed by atoms with Crippen LogP contribution in [-0.2, 0) is 22.7 Å². The summed E-state index contributed by atoms with van der Waals surface area (Å²) in [5.41, 5.74) is -0.844. The molecule has 0 bridgehead atoms. The molecule has 0 amide bonds. The van der Waals surface area contributed by atoms with E-state index in [0.29, 0.717) is 26.2 Å². The predicted molar refractivity (Wildman–Crippen MR) is 70.4 cm³/mol. The fourth-order valence-electron chi connectivity index (χ4n) is 2.13. The van der Waals surface area contributed by atoms with Crippen molar-refractivity contribution in [2.75, 3.05) is 26.2 Å². The second-order valence-corrected chi connectivity index (χ2v) is 7.40. The summed E-state index contributed by atoms with van der Waals surface area (Å²) in [6.45, 7) is 2.09. The van der Waals surface area contributed by atoms with Gasteiger partial charge in [0, 0.05) is 26.2 Å². The fourth-order valence-corrected chi connectivity index (χ4v) is 4.30. The van der Waals surface area contributed by atoms with Crippen LogP contribution >= 0.6 is 7.67 Å². The molecule has 122 valence electrons. The van der Waals surface area contributed by atoms with Gasteiger partial charge in [-0.2, -0.15) is 0 Å². The van der Waals surface area contributed by atoms with Gasteiger partial charge >= 0.3 is 13.6 Å². The van der Waals surface area contributed by atoms with Gasteiger partial charge in [-0.15, -0.1) is 0 Å². The number of hydrogen-bond donors (Lipinski definition) is 0. The van der Waals surface area contributed by atoms with Crippen molar-refractivity contribution in [2.24, 2.45) is 7.05 Å². The van der Waals surface area contributed by atoms with Gasteiger partial charge < -0.3 is 10.1 Å². The largest absolute Gasteiger partial charge is 0.435 e. The summed E-state index contributed by atoms with van der Waals surface area (Å²) in [6, 6.07) is 0. The van der Waals surface area contributed by atoms with Crippen molar-refractivity contribution >= 4 is 13.6 Å². The van der Waals surface area contributed by atoms with Crippen molar-refractivity contribution in [3.63, 3.8) is 0 Å². The Morgan fingerprint density at radius 3 is 2.32 bits per heavy atom. The average molecular weight is 337 g/mol. The molecule has 0 aromatic carbocycles. The molecule has 1 aromatic heterocycles. The van der Waals surface area contributed by atoms with E-state index in [0.717, 1.165) is 4.57 Å². The highest BCUT2D eigenvalue weighted by Crippen LogP contribution is 2.61. The van der Waals surface area contributed by atoms with Crippen LogP contribution in [0.4, 0.5) is 14.7 Å². The lowest BCUT2D eigenvalue weighted by Crippen LogP contribution is -2.10. The summed E-state index contributed by atoms with van der Waals surface area (Å²) in [6.07, 6.45) is -2.97. The number of nitrogens with zero attached hydrogens (tertiary/aromatic N) is 5. The van der Waals surface area contributed by atoms with Gasteiger partial charge in [0.1, 0.15) is 12.3 Å². The van der Waals surface area contributed by atoms with Gasteiger partial charge in [0.2, 0.25) is 5.69 Å². The third kappa shape index (κ3) is 2.65. The maximum Gasteiger partial charge on any atom is 0.435 e.